The van der Waals surface area contributed by atoms with Gasteiger partial charge in [-0.2, -0.15) is 0 Å². The zero-order chi connectivity index (χ0) is 16.0. The van der Waals surface area contributed by atoms with Crippen LogP contribution in [0.5, 0.6) is 0 Å². The van der Waals surface area contributed by atoms with Gasteiger partial charge in [0.2, 0.25) is 0 Å². The van der Waals surface area contributed by atoms with E-state index in [1.807, 2.05) is 36.1 Å². The van der Waals surface area contributed by atoms with Crippen LogP contribution in [0, 0.1) is 5.41 Å². The van der Waals surface area contributed by atoms with Crippen molar-refractivity contribution in [2.75, 3.05) is 11.4 Å². The monoisotopic (exact) mass is 335 g/mol. The summed E-state index contributed by atoms with van der Waals surface area (Å²) >= 11 is 1.57. The van der Waals surface area contributed by atoms with Gasteiger partial charge in [-0.15, -0.1) is 11.3 Å². The number of nitrogens with zero attached hydrogens (tertiary/aromatic N) is 5. The van der Waals surface area contributed by atoms with E-state index in [0.717, 1.165) is 17.4 Å². The second-order valence-corrected chi connectivity index (χ2v) is 7.50. The van der Waals surface area contributed by atoms with Gasteiger partial charge >= 0.3 is 0 Å². The average Bonchev–Trinajstić information content (AvgIpc) is 3.08. The fraction of sp³-hybridized carbons (Fsp3) is 0.333. The Bertz CT molecular complexity index is 845. The Balaban J connectivity index is 1.51. The molecule has 1 spiro atoms. The van der Waals surface area contributed by atoms with Gasteiger partial charge in [-0.1, -0.05) is 12.5 Å². The summed E-state index contributed by atoms with van der Waals surface area (Å²) in [6, 6.07) is 6.59. The Hall–Kier alpha value is -2.34. The highest BCUT2D eigenvalue weighted by Gasteiger charge is 2.56. The van der Waals surface area contributed by atoms with Crippen LogP contribution in [0.4, 0.5) is 5.82 Å². The maximum atomic E-state index is 4.78. The molecule has 1 unspecified atom stereocenters. The van der Waals surface area contributed by atoms with Gasteiger partial charge in [0, 0.05) is 42.1 Å². The molecule has 1 aliphatic heterocycles. The minimum Gasteiger partial charge on any atom is -0.348 e. The largest absolute Gasteiger partial charge is 0.348 e. The third-order valence-electron chi connectivity index (χ3n) is 5.29. The van der Waals surface area contributed by atoms with Crippen molar-refractivity contribution in [1.82, 2.24) is 19.9 Å². The first-order valence-corrected chi connectivity index (χ1v) is 9.13. The normalized spacial score (nSPS) is 21.3. The highest BCUT2D eigenvalue weighted by atomic mass is 32.1. The molecule has 0 N–H and O–H groups in total. The molecule has 120 valence electrons. The summed E-state index contributed by atoms with van der Waals surface area (Å²) in [5, 5.41) is 2.82. The molecule has 2 aliphatic rings. The van der Waals surface area contributed by atoms with Gasteiger partial charge in [0.15, 0.2) is 10.8 Å². The van der Waals surface area contributed by atoms with Gasteiger partial charge in [0.25, 0.3) is 0 Å². The molecule has 1 saturated carbocycles. The van der Waals surface area contributed by atoms with Gasteiger partial charge in [-0.25, -0.2) is 15.0 Å². The van der Waals surface area contributed by atoms with Gasteiger partial charge in [-0.05, 0) is 30.5 Å². The molecule has 2 fully saturated rings. The minimum absolute atomic E-state index is 0.374. The molecule has 1 saturated heterocycles. The SMILES string of the molecule is c1cncc(C2N(c3ccnc(-c4nccs4)n3)CC23CCC3)c1. The third-order valence-corrected chi connectivity index (χ3v) is 6.05. The molecule has 6 heteroatoms. The van der Waals surface area contributed by atoms with Crippen LogP contribution >= 0.6 is 11.3 Å². The van der Waals surface area contributed by atoms with E-state index < -0.39 is 0 Å². The molecule has 5 rings (SSSR count). The Morgan fingerprint density at radius 3 is 2.79 bits per heavy atom. The van der Waals surface area contributed by atoms with Crippen LogP contribution in [0.15, 0.2) is 48.4 Å². The second-order valence-electron chi connectivity index (χ2n) is 6.61. The van der Waals surface area contributed by atoms with Crippen molar-refractivity contribution in [2.24, 2.45) is 5.41 Å². The van der Waals surface area contributed by atoms with E-state index in [-0.39, 0.29) is 0 Å². The van der Waals surface area contributed by atoms with E-state index in [1.54, 1.807) is 17.5 Å². The van der Waals surface area contributed by atoms with Crippen LogP contribution < -0.4 is 4.90 Å². The topological polar surface area (TPSA) is 54.8 Å². The summed E-state index contributed by atoms with van der Waals surface area (Å²) in [5.74, 6) is 1.70. The van der Waals surface area contributed by atoms with Crippen molar-refractivity contribution in [3.63, 3.8) is 0 Å². The van der Waals surface area contributed by atoms with Crippen molar-refractivity contribution in [1.29, 1.82) is 0 Å². The third kappa shape index (κ3) is 2.06. The molecule has 0 radical (unpaired) electrons. The molecule has 0 aromatic carbocycles. The lowest BCUT2D eigenvalue weighted by molar-refractivity contribution is 0.0275. The maximum absolute atomic E-state index is 4.78. The van der Waals surface area contributed by atoms with Crippen molar-refractivity contribution in [3.8, 4) is 10.8 Å². The predicted octanol–water partition coefficient (Wildman–Crippen LogP) is 3.73. The number of hydrogen-bond acceptors (Lipinski definition) is 6. The number of thiazole rings is 1. The molecule has 0 amide bonds. The summed E-state index contributed by atoms with van der Waals surface area (Å²) in [7, 11) is 0. The van der Waals surface area contributed by atoms with E-state index >= 15 is 0 Å². The average molecular weight is 335 g/mol. The Morgan fingerprint density at radius 1 is 1.12 bits per heavy atom. The van der Waals surface area contributed by atoms with Gasteiger partial charge in [-0.3, -0.25) is 4.98 Å². The number of anilines is 1. The number of hydrogen-bond donors (Lipinski definition) is 0. The Kier molecular flexibility index (Phi) is 3.13. The smallest absolute Gasteiger partial charge is 0.190 e. The van der Waals surface area contributed by atoms with Gasteiger partial charge in [0.05, 0.1) is 6.04 Å². The number of rotatable bonds is 3. The van der Waals surface area contributed by atoms with Crippen LogP contribution in [-0.4, -0.2) is 26.5 Å². The molecule has 1 atom stereocenters. The lowest BCUT2D eigenvalue weighted by Gasteiger charge is -2.63. The first-order chi connectivity index (χ1) is 11.9. The first-order valence-electron chi connectivity index (χ1n) is 8.25. The summed E-state index contributed by atoms with van der Waals surface area (Å²) in [4.78, 5) is 20.2. The molecule has 0 bridgehead atoms. The van der Waals surface area contributed by atoms with Crippen molar-refractivity contribution in [3.05, 3.63) is 53.9 Å². The van der Waals surface area contributed by atoms with Gasteiger partial charge < -0.3 is 4.90 Å². The second kappa shape index (κ2) is 5.34. The van der Waals surface area contributed by atoms with Crippen LogP contribution in [0.3, 0.4) is 0 Å². The van der Waals surface area contributed by atoms with E-state index in [4.69, 9.17) is 4.98 Å². The maximum Gasteiger partial charge on any atom is 0.190 e. The minimum atomic E-state index is 0.374. The first kappa shape index (κ1) is 14.0. The van der Waals surface area contributed by atoms with Crippen LogP contribution in [0.2, 0.25) is 0 Å². The summed E-state index contributed by atoms with van der Waals surface area (Å²) < 4.78 is 0. The van der Waals surface area contributed by atoms with Crippen molar-refractivity contribution < 1.29 is 0 Å². The molecule has 1 aliphatic carbocycles. The standard InChI is InChI=1S/C18H17N5S/c1-3-13(11-19-7-1)15-18(5-2-6-18)12-23(15)14-4-8-20-16(22-14)17-21-9-10-24-17/h1,3-4,7-11,15H,2,5-6,12H2. The lowest BCUT2D eigenvalue weighted by atomic mass is 9.56. The van der Waals surface area contributed by atoms with E-state index in [1.165, 1.54) is 24.8 Å². The van der Waals surface area contributed by atoms with E-state index in [9.17, 15) is 0 Å². The van der Waals surface area contributed by atoms with Gasteiger partial charge in [0.1, 0.15) is 5.82 Å². The number of pyridine rings is 1. The number of aromatic nitrogens is 4. The molecular weight excluding hydrogens is 318 g/mol. The highest BCUT2D eigenvalue weighted by Crippen LogP contribution is 2.61. The van der Waals surface area contributed by atoms with Crippen LogP contribution in [0.25, 0.3) is 10.8 Å². The fourth-order valence-corrected chi connectivity index (χ4v) is 4.60. The van der Waals surface area contributed by atoms with Crippen molar-refractivity contribution >= 4 is 17.2 Å². The molecular formula is C18H17N5S. The summed E-state index contributed by atoms with van der Waals surface area (Å²) in [5.41, 5.74) is 1.70. The molecule has 3 aromatic rings. The Labute approximate surface area is 144 Å². The molecule has 4 heterocycles. The lowest BCUT2D eigenvalue weighted by Crippen LogP contribution is -2.62. The zero-order valence-electron chi connectivity index (χ0n) is 13.2. The van der Waals surface area contributed by atoms with E-state index in [2.05, 4.69) is 25.9 Å². The predicted molar refractivity (Wildman–Crippen MR) is 93.7 cm³/mol. The molecule has 5 nitrogen and oxygen atoms in total. The van der Waals surface area contributed by atoms with Crippen LogP contribution in [-0.2, 0) is 0 Å². The summed E-state index contributed by atoms with van der Waals surface area (Å²) in [6.45, 7) is 1.07. The van der Waals surface area contributed by atoms with Crippen molar-refractivity contribution in [2.45, 2.75) is 25.3 Å². The van der Waals surface area contributed by atoms with E-state index in [0.29, 0.717) is 17.3 Å². The highest BCUT2D eigenvalue weighted by molar-refractivity contribution is 7.13. The van der Waals surface area contributed by atoms with Crippen LogP contribution in [0.1, 0.15) is 30.9 Å². The fourth-order valence-electron chi connectivity index (χ4n) is 4.03. The summed E-state index contributed by atoms with van der Waals surface area (Å²) in [6.07, 6.45) is 11.4. The zero-order valence-corrected chi connectivity index (χ0v) is 14.0. The molecule has 24 heavy (non-hydrogen) atoms. The quantitative estimate of drug-likeness (QED) is 0.730. The molecule has 3 aromatic heterocycles. The Morgan fingerprint density at radius 2 is 2.08 bits per heavy atom.